The van der Waals surface area contributed by atoms with Gasteiger partial charge in [-0.2, -0.15) is 15.1 Å². The predicted molar refractivity (Wildman–Crippen MR) is 153 cm³/mol. The Kier molecular flexibility index (Phi) is 9.38. The van der Waals surface area contributed by atoms with E-state index in [2.05, 4.69) is 25.4 Å². The Balaban J connectivity index is 1.59. The van der Waals surface area contributed by atoms with Crippen LogP contribution in [0.5, 0.6) is 5.75 Å². The van der Waals surface area contributed by atoms with Gasteiger partial charge in [-0.1, -0.05) is 18.2 Å². The number of para-hydroxylation sites is 1. The van der Waals surface area contributed by atoms with Crippen LogP contribution in [-0.2, 0) is 23.4 Å². The Labute approximate surface area is 243 Å². The number of nitrogens with one attached hydrogen (secondary N) is 2. The molecule has 1 aliphatic rings. The van der Waals surface area contributed by atoms with Crippen LogP contribution in [0.25, 0.3) is 11.2 Å². The number of aliphatic hydroxyl groups excluding tert-OH is 1. The van der Waals surface area contributed by atoms with E-state index in [0.29, 0.717) is 11.3 Å². The van der Waals surface area contributed by atoms with Gasteiger partial charge in [0.15, 0.2) is 28.9 Å². The summed E-state index contributed by atoms with van der Waals surface area (Å²) in [5, 5.41) is 16.4. The fraction of sp³-hybridized carbons (Fsp3) is 0.538. The number of hydrogen-bond acceptors (Lipinski definition) is 12. The number of aromatic nitrogens is 4. The van der Waals surface area contributed by atoms with Crippen LogP contribution in [-0.4, -0.2) is 88.4 Å². The molecule has 0 amide bonds. The van der Waals surface area contributed by atoms with Gasteiger partial charge >= 0.3 is 13.7 Å². The van der Waals surface area contributed by atoms with Gasteiger partial charge in [0.05, 0.1) is 19.0 Å². The third-order valence-corrected chi connectivity index (χ3v) is 8.10. The van der Waals surface area contributed by atoms with Crippen LogP contribution in [0.2, 0.25) is 0 Å². The smallest absolute Gasteiger partial charge is 0.459 e. The van der Waals surface area contributed by atoms with Crippen molar-refractivity contribution in [1.82, 2.24) is 24.6 Å². The molecule has 0 aliphatic carbocycles. The van der Waals surface area contributed by atoms with Crippen molar-refractivity contribution in [3.05, 3.63) is 36.7 Å². The van der Waals surface area contributed by atoms with Crippen LogP contribution in [0.3, 0.4) is 0 Å². The topological polar surface area (TPSA) is 162 Å². The Morgan fingerprint density at radius 2 is 1.95 bits per heavy atom. The highest BCUT2D eigenvalue weighted by atomic mass is 31.2. The molecule has 0 spiro atoms. The predicted octanol–water partition coefficient (Wildman–Crippen LogP) is 3.05. The second-order valence-corrected chi connectivity index (χ2v) is 12.2. The largest absolute Gasteiger partial charge is 0.462 e. The SMILES string of the molecule is CNc1nc(N(C)C)c2ncn([C@@H]3OC(CO[P@](=O)(N[C@@H](C)C(=O)OC(C)C)Oc4ccccc4)[C@@H](O)[C@@]3(C)F)c2n1. The van der Waals surface area contributed by atoms with Crippen LogP contribution in [0.1, 0.15) is 33.9 Å². The molecule has 14 nitrogen and oxygen atoms in total. The van der Waals surface area contributed by atoms with E-state index in [-0.39, 0.29) is 17.3 Å². The van der Waals surface area contributed by atoms with Gasteiger partial charge in [-0.3, -0.25) is 13.9 Å². The number of nitrogens with zero attached hydrogens (tertiary/aromatic N) is 5. The van der Waals surface area contributed by atoms with E-state index in [4.69, 9.17) is 18.5 Å². The lowest BCUT2D eigenvalue weighted by atomic mass is 9.98. The van der Waals surface area contributed by atoms with Gasteiger partial charge in [-0.15, -0.1) is 0 Å². The lowest BCUT2D eigenvalue weighted by molar-refractivity contribution is -0.149. The normalized spacial score (nSPS) is 24.4. The molecule has 3 heterocycles. The Bertz CT molecular complexity index is 1440. The molecule has 3 N–H and O–H groups in total. The van der Waals surface area contributed by atoms with Gasteiger partial charge in [0.25, 0.3) is 0 Å². The highest BCUT2D eigenvalue weighted by Gasteiger charge is 2.56. The first-order chi connectivity index (χ1) is 19.8. The second kappa shape index (κ2) is 12.5. The number of ether oxygens (including phenoxy) is 2. The van der Waals surface area contributed by atoms with Crippen molar-refractivity contribution in [3.8, 4) is 5.75 Å². The van der Waals surface area contributed by atoms with Crippen LogP contribution in [0.15, 0.2) is 36.7 Å². The Morgan fingerprint density at radius 3 is 2.57 bits per heavy atom. The molecule has 6 atom stereocenters. The number of carbonyl (C=O) groups excluding carboxylic acids is 1. The van der Waals surface area contributed by atoms with Crippen molar-refractivity contribution < 1.29 is 37.4 Å². The molecule has 1 fully saturated rings. The van der Waals surface area contributed by atoms with Crippen molar-refractivity contribution in [2.24, 2.45) is 0 Å². The summed E-state index contributed by atoms with van der Waals surface area (Å²) >= 11 is 0. The molecule has 3 aromatic rings. The molecule has 1 aliphatic heterocycles. The van der Waals surface area contributed by atoms with E-state index < -0.39 is 56.6 Å². The lowest BCUT2D eigenvalue weighted by Crippen LogP contribution is -2.41. The summed E-state index contributed by atoms with van der Waals surface area (Å²) < 4.78 is 53.7. The van der Waals surface area contributed by atoms with Crippen molar-refractivity contribution in [2.45, 2.75) is 63.9 Å². The van der Waals surface area contributed by atoms with Gasteiger partial charge in [0.2, 0.25) is 5.95 Å². The summed E-state index contributed by atoms with van der Waals surface area (Å²) in [6.45, 7) is 5.44. The van der Waals surface area contributed by atoms with E-state index in [1.165, 1.54) is 24.7 Å². The maximum absolute atomic E-state index is 16.1. The molecule has 4 rings (SSSR count). The molecule has 1 aromatic carbocycles. The molecule has 2 aromatic heterocycles. The quantitative estimate of drug-likeness (QED) is 0.203. The van der Waals surface area contributed by atoms with Gasteiger partial charge in [0, 0.05) is 21.1 Å². The highest BCUT2D eigenvalue weighted by Crippen LogP contribution is 2.48. The van der Waals surface area contributed by atoms with Crippen LogP contribution in [0.4, 0.5) is 16.2 Å². The van der Waals surface area contributed by atoms with Gasteiger partial charge < -0.3 is 29.3 Å². The molecule has 1 saturated heterocycles. The summed E-state index contributed by atoms with van der Waals surface area (Å²) in [6.07, 6.45) is -3.40. The number of benzene rings is 1. The van der Waals surface area contributed by atoms with Crippen LogP contribution in [0, 0.1) is 0 Å². The minimum Gasteiger partial charge on any atom is -0.462 e. The first kappa shape index (κ1) is 31.6. The first-order valence-electron chi connectivity index (χ1n) is 13.3. The number of rotatable bonds is 12. The summed E-state index contributed by atoms with van der Waals surface area (Å²) in [5.41, 5.74) is -1.66. The molecule has 0 saturated carbocycles. The average molecular weight is 610 g/mol. The zero-order chi connectivity index (χ0) is 30.8. The molecular formula is C26H37FN7O7P. The van der Waals surface area contributed by atoms with E-state index in [1.807, 2.05) is 0 Å². The van der Waals surface area contributed by atoms with Crippen molar-refractivity contribution in [2.75, 3.05) is 38.0 Å². The monoisotopic (exact) mass is 609 g/mol. The number of aliphatic hydroxyl groups is 1. The third-order valence-electron chi connectivity index (χ3n) is 6.45. The number of halogens is 1. The maximum atomic E-state index is 16.1. The molecular weight excluding hydrogens is 572 g/mol. The van der Waals surface area contributed by atoms with Crippen molar-refractivity contribution >= 4 is 36.6 Å². The van der Waals surface area contributed by atoms with E-state index in [9.17, 15) is 14.5 Å². The van der Waals surface area contributed by atoms with Gasteiger partial charge in [-0.05, 0) is 39.8 Å². The lowest BCUT2D eigenvalue weighted by Gasteiger charge is -2.25. The molecule has 0 bridgehead atoms. The summed E-state index contributed by atoms with van der Waals surface area (Å²) in [6, 6.07) is 7.10. The summed E-state index contributed by atoms with van der Waals surface area (Å²) in [4.78, 5) is 27.4. The average Bonchev–Trinajstić information content (AvgIpc) is 3.44. The van der Waals surface area contributed by atoms with Gasteiger partial charge in [0.1, 0.15) is 24.0 Å². The number of anilines is 2. The number of alkyl halides is 1. The number of carbonyl (C=O) groups is 1. The fourth-order valence-electron chi connectivity index (χ4n) is 4.35. The zero-order valence-corrected chi connectivity index (χ0v) is 25.4. The van der Waals surface area contributed by atoms with E-state index in [0.717, 1.165) is 0 Å². The minimum absolute atomic E-state index is 0.195. The maximum Gasteiger partial charge on any atom is 0.459 e. The summed E-state index contributed by atoms with van der Waals surface area (Å²) in [5.74, 6) is 0.297. The summed E-state index contributed by atoms with van der Waals surface area (Å²) in [7, 11) is 0.944. The van der Waals surface area contributed by atoms with Gasteiger partial charge in [-0.25, -0.2) is 13.9 Å². The molecule has 1 unspecified atom stereocenters. The number of hydrogen-bond donors (Lipinski definition) is 3. The van der Waals surface area contributed by atoms with Crippen LogP contribution >= 0.6 is 7.75 Å². The first-order valence-corrected chi connectivity index (χ1v) is 14.9. The molecule has 16 heteroatoms. The van der Waals surface area contributed by atoms with Crippen LogP contribution < -0.4 is 19.8 Å². The van der Waals surface area contributed by atoms with Crippen molar-refractivity contribution in [3.63, 3.8) is 0 Å². The Morgan fingerprint density at radius 1 is 1.26 bits per heavy atom. The number of esters is 1. The standard InChI is InChI=1S/C26H37FN7O7P/c1-15(2)39-23(36)16(3)32-42(37,41-17-11-9-8-10-12-17)38-13-18-20(35)26(4,27)24(40-18)34-14-29-19-21(33(6)7)30-25(28-5)31-22(19)34/h8-12,14-16,18,20,24,35H,13H2,1-7H3,(H,32,37)(H,28,30,31)/t16-,18?,20+,24+,26+,42+/m0/s1. The minimum atomic E-state index is -4.28. The molecule has 0 radical (unpaired) electrons. The molecule has 230 valence electrons. The highest BCUT2D eigenvalue weighted by molar-refractivity contribution is 7.52. The Hall–Kier alpha value is -3.36. The number of fused-ring (bicyclic) bond motifs is 1. The number of imidazole rings is 1. The molecule has 42 heavy (non-hydrogen) atoms. The van der Waals surface area contributed by atoms with E-state index in [1.54, 1.807) is 70.2 Å². The second-order valence-electron chi connectivity index (χ2n) is 10.5. The zero-order valence-electron chi connectivity index (χ0n) is 24.5. The van der Waals surface area contributed by atoms with Crippen molar-refractivity contribution in [1.29, 1.82) is 0 Å². The fourth-order valence-corrected chi connectivity index (χ4v) is 5.86. The van der Waals surface area contributed by atoms with E-state index >= 15 is 4.39 Å². The third kappa shape index (κ3) is 6.65.